The molecule has 1 aliphatic heterocycles. The Hall–Kier alpha value is -0.170. The van der Waals surface area contributed by atoms with Gasteiger partial charge in [-0.15, -0.1) is 0 Å². The molecular weight excluding hydrogens is 262 g/mol. The van der Waals surface area contributed by atoms with Crippen LogP contribution in [-0.4, -0.2) is 57.3 Å². The van der Waals surface area contributed by atoms with Crippen LogP contribution in [0.3, 0.4) is 0 Å². The molecule has 1 saturated heterocycles. The van der Waals surface area contributed by atoms with Crippen LogP contribution < -0.4 is 10.0 Å². The third kappa shape index (κ3) is 5.38. The van der Waals surface area contributed by atoms with E-state index in [1.807, 2.05) is 13.8 Å². The number of nitrogens with zero attached hydrogens (tertiary/aromatic N) is 1. The number of likely N-dealkylation sites (tertiary alicyclic amines) is 1. The van der Waals surface area contributed by atoms with Gasteiger partial charge in [-0.25, -0.2) is 13.1 Å². The summed E-state index contributed by atoms with van der Waals surface area (Å²) in [6.07, 6.45) is 0.890. The quantitative estimate of drug-likeness (QED) is 0.754. The van der Waals surface area contributed by atoms with Gasteiger partial charge < -0.3 is 10.2 Å². The van der Waals surface area contributed by atoms with Crippen molar-refractivity contribution in [3.63, 3.8) is 0 Å². The molecular formula is C13H29N3O2S. The van der Waals surface area contributed by atoms with Crippen LogP contribution >= 0.6 is 0 Å². The van der Waals surface area contributed by atoms with Crippen LogP contribution in [0.15, 0.2) is 0 Å². The van der Waals surface area contributed by atoms with Crippen molar-refractivity contribution >= 4 is 10.0 Å². The normalized spacial score (nSPS) is 27.7. The van der Waals surface area contributed by atoms with Crippen LogP contribution in [0, 0.1) is 5.92 Å². The molecule has 1 heterocycles. The van der Waals surface area contributed by atoms with Crippen molar-refractivity contribution in [2.45, 2.75) is 51.4 Å². The zero-order valence-electron chi connectivity index (χ0n) is 12.8. The lowest BCUT2D eigenvalue weighted by molar-refractivity contribution is 0.188. The number of piperidine rings is 1. The van der Waals surface area contributed by atoms with Crippen LogP contribution in [0.2, 0.25) is 0 Å². The molecule has 3 atom stereocenters. The first-order valence-electron chi connectivity index (χ1n) is 7.15. The smallest absolute Gasteiger partial charge is 0.215 e. The van der Waals surface area contributed by atoms with E-state index in [1.165, 1.54) is 0 Å². The second kappa shape index (κ2) is 7.02. The van der Waals surface area contributed by atoms with Crippen LogP contribution in [0.25, 0.3) is 0 Å². The Bertz CT molecular complexity index is 370. The molecule has 0 aromatic heterocycles. The van der Waals surface area contributed by atoms with Gasteiger partial charge in [-0.3, -0.25) is 0 Å². The van der Waals surface area contributed by atoms with E-state index in [4.69, 9.17) is 0 Å². The predicted molar refractivity (Wildman–Crippen MR) is 79.7 cm³/mol. The van der Waals surface area contributed by atoms with E-state index in [0.717, 1.165) is 19.5 Å². The molecule has 0 aliphatic carbocycles. The molecule has 0 spiro atoms. The van der Waals surface area contributed by atoms with Crippen molar-refractivity contribution in [2.75, 3.05) is 26.7 Å². The summed E-state index contributed by atoms with van der Waals surface area (Å²) in [5, 5.41) is 2.78. The van der Waals surface area contributed by atoms with Gasteiger partial charge in [0.25, 0.3) is 0 Å². The van der Waals surface area contributed by atoms with Gasteiger partial charge >= 0.3 is 0 Å². The summed E-state index contributed by atoms with van der Waals surface area (Å²) < 4.78 is 27.4. The molecule has 114 valence electrons. The summed E-state index contributed by atoms with van der Waals surface area (Å²) >= 11 is 0. The molecule has 5 nitrogen and oxygen atoms in total. The average Bonchev–Trinajstić information content (AvgIpc) is 2.29. The van der Waals surface area contributed by atoms with E-state index in [-0.39, 0.29) is 6.04 Å². The Kier molecular flexibility index (Phi) is 6.23. The molecule has 1 rings (SSSR count). The van der Waals surface area contributed by atoms with Crippen molar-refractivity contribution in [3.8, 4) is 0 Å². The van der Waals surface area contributed by atoms with Crippen molar-refractivity contribution in [1.82, 2.24) is 14.9 Å². The summed E-state index contributed by atoms with van der Waals surface area (Å²) in [6, 6.07) is 0.377. The Morgan fingerprint density at radius 2 is 1.95 bits per heavy atom. The van der Waals surface area contributed by atoms with Gasteiger partial charge in [-0.2, -0.15) is 0 Å². The van der Waals surface area contributed by atoms with Crippen molar-refractivity contribution in [1.29, 1.82) is 0 Å². The minimum absolute atomic E-state index is 0.0719. The molecule has 0 bridgehead atoms. The molecule has 0 saturated carbocycles. The fraction of sp³-hybridized carbons (Fsp3) is 1.00. The highest BCUT2D eigenvalue weighted by molar-refractivity contribution is 7.90. The lowest BCUT2D eigenvalue weighted by atomic mass is 9.95. The zero-order valence-corrected chi connectivity index (χ0v) is 13.6. The van der Waals surface area contributed by atoms with Crippen LogP contribution in [-0.2, 0) is 10.0 Å². The van der Waals surface area contributed by atoms with Crippen LogP contribution in [0.1, 0.15) is 34.1 Å². The van der Waals surface area contributed by atoms with Gasteiger partial charge in [-0.1, -0.05) is 20.8 Å². The van der Waals surface area contributed by atoms with E-state index in [0.29, 0.717) is 18.5 Å². The Balaban J connectivity index is 2.54. The van der Waals surface area contributed by atoms with Gasteiger partial charge in [0.1, 0.15) is 0 Å². The maximum Gasteiger partial charge on any atom is 0.215 e. The van der Waals surface area contributed by atoms with Gasteiger partial charge in [0.05, 0.1) is 5.25 Å². The Morgan fingerprint density at radius 3 is 2.47 bits per heavy atom. The van der Waals surface area contributed by atoms with Gasteiger partial charge in [-0.05, 0) is 32.9 Å². The second-order valence-corrected chi connectivity index (χ2v) is 8.30. The van der Waals surface area contributed by atoms with Gasteiger partial charge in [0.2, 0.25) is 10.0 Å². The summed E-state index contributed by atoms with van der Waals surface area (Å²) in [6.45, 7) is 10.3. The zero-order chi connectivity index (χ0) is 14.6. The highest BCUT2D eigenvalue weighted by atomic mass is 32.2. The summed E-state index contributed by atoms with van der Waals surface area (Å²) in [5.41, 5.74) is 0. The predicted octanol–water partition coefficient (Wildman–Crippen LogP) is 0.633. The molecule has 0 radical (unpaired) electrons. The minimum Gasteiger partial charge on any atom is -0.313 e. The standard InChI is InChI=1S/C13H29N3O2S/c1-10(2)14-8-12(4)19(17,18)15-13-6-7-16(5)9-11(13)3/h10-15H,6-9H2,1-5H3. The molecule has 2 N–H and O–H groups in total. The van der Waals surface area contributed by atoms with E-state index in [9.17, 15) is 8.42 Å². The number of hydrogen-bond acceptors (Lipinski definition) is 4. The second-order valence-electron chi connectivity index (χ2n) is 6.17. The first-order chi connectivity index (χ1) is 8.72. The molecule has 1 fully saturated rings. The van der Waals surface area contributed by atoms with E-state index in [2.05, 4.69) is 28.9 Å². The van der Waals surface area contributed by atoms with E-state index >= 15 is 0 Å². The van der Waals surface area contributed by atoms with Crippen molar-refractivity contribution in [3.05, 3.63) is 0 Å². The SMILES string of the molecule is CC(C)NCC(C)S(=O)(=O)NC1CCN(C)CC1C. The Morgan fingerprint density at radius 1 is 1.32 bits per heavy atom. The highest BCUT2D eigenvalue weighted by Crippen LogP contribution is 2.17. The first kappa shape index (κ1) is 16.9. The van der Waals surface area contributed by atoms with Gasteiger partial charge in [0.15, 0.2) is 0 Å². The summed E-state index contributed by atoms with van der Waals surface area (Å²) in [4.78, 5) is 2.25. The molecule has 3 unspecified atom stereocenters. The molecule has 0 aromatic rings. The largest absolute Gasteiger partial charge is 0.313 e. The number of nitrogens with one attached hydrogen (secondary N) is 2. The minimum atomic E-state index is -3.24. The van der Waals surface area contributed by atoms with E-state index < -0.39 is 15.3 Å². The summed E-state index contributed by atoms with van der Waals surface area (Å²) in [7, 11) is -1.16. The average molecular weight is 291 g/mol. The molecule has 19 heavy (non-hydrogen) atoms. The maximum atomic E-state index is 12.3. The fourth-order valence-electron chi connectivity index (χ4n) is 2.37. The monoisotopic (exact) mass is 291 g/mol. The molecule has 1 aliphatic rings. The number of rotatable bonds is 6. The highest BCUT2D eigenvalue weighted by Gasteiger charge is 2.30. The molecule has 6 heteroatoms. The summed E-state index contributed by atoms with van der Waals surface area (Å²) in [5.74, 6) is 0.360. The van der Waals surface area contributed by atoms with Crippen LogP contribution in [0.5, 0.6) is 0 Å². The van der Waals surface area contributed by atoms with Crippen molar-refractivity contribution < 1.29 is 8.42 Å². The van der Waals surface area contributed by atoms with Gasteiger partial charge in [0, 0.05) is 25.2 Å². The number of hydrogen-bond donors (Lipinski definition) is 2. The van der Waals surface area contributed by atoms with Crippen molar-refractivity contribution in [2.24, 2.45) is 5.92 Å². The third-order valence-corrected chi connectivity index (χ3v) is 5.62. The van der Waals surface area contributed by atoms with Crippen LogP contribution in [0.4, 0.5) is 0 Å². The maximum absolute atomic E-state index is 12.3. The topological polar surface area (TPSA) is 61.4 Å². The Labute approximate surface area is 118 Å². The number of sulfonamides is 1. The third-order valence-electron chi connectivity index (χ3n) is 3.77. The lowest BCUT2D eigenvalue weighted by Gasteiger charge is -2.35. The van der Waals surface area contributed by atoms with E-state index in [1.54, 1.807) is 6.92 Å². The molecule has 0 amide bonds. The molecule has 0 aromatic carbocycles. The first-order valence-corrected chi connectivity index (χ1v) is 8.70. The lowest BCUT2D eigenvalue weighted by Crippen LogP contribution is -2.51. The fourth-order valence-corrected chi connectivity index (χ4v) is 3.69.